The third-order valence-corrected chi connectivity index (χ3v) is 2.81. The molecule has 1 aliphatic rings. The molecule has 9 nitrogen and oxygen atoms in total. The lowest BCUT2D eigenvalue weighted by molar-refractivity contribution is -0.468. The Labute approximate surface area is 133 Å². The van der Waals surface area contributed by atoms with Gasteiger partial charge >= 0.3 is 0 Å². The molecule has 1 aliphatic heterocycles. The highest BCUT2D eigenvalue weighted by atomic mass is 16.6. The van der Waals surface area contributed by atoms with Gasteiger partial charge in [-0.1, -0.05) is 6.08 Å². The first kappa shape index (κ1) is 18.1. The molecule has 124 valence electrons. The van der Waals surface area contributed by atoms with Crippen molar-refractivity contribution in [1.29, 1.82) is 0 Å². The number of nitro groups is 1. The van der Waals surface area contributed by atoms with E-state index in [0.717, 1.165) is 0 Å². The predicted octanol–water partition coefficient (Wildman–Crippen LogP) is -0.359. The van der Waals surface area contributed by atoms with E-state index in [4.69, 9.17) is 5.73 Å². The molecule has 0 aromatic heterocycles. The number of carbonyl (C=O) groups is 2. The summed E-state index contributed by atoms with van der Waals surface area (Å²) in [6.07, 6.45) is 7.10. The second-order valence-electron chi connectivity index (χ2n) is 4.58. The van der Waals surface area contributed by atoms with Crippen LogP contribution in [0.25, 0.3) is 0 Å². The highest BCUT2D eigenvalue weighted by Crippen LogP contribution is 2.07. The molecule has 0 radical (unpaired) electrons. The van der Waals surface area contributed by atoms with Crippen molar-refractivity contribution in [3.63, 3.8) is 0 Å². The molecule has 9 heteroatoms. The molecular formula is C14H19N5O4. The summed E-state index contributed by atoms with van der Waals surface area (Å²) in [5.41, 5.74) is 5.71. The molecule has 1 atom stereocenters. The summed E-state index contributed by atoms with van der Waals surface area (Å²) in [7, 11) is 0. The Hall–Kier alpha value is -2.97. The maximum absolute atomic E-state index is 11.9. The Morgan fingerprint density at radius 3 is 2.91 bits per heavy atom. The summed E-state index contributed by atoms with van der Waals surface area (Å²) < 4.78 is 0. The maximum Gasteiger partial charge on any atom is 0.264 e. The van der Waals surface area contributed by atoms with Gasteiger partial charge in [-0.15, -0.1) is 0 Å². The number of nitrogens with zero attached hydrogens (tertiary/aromatic N) is 2. The maximum atomic E-state index is 11.9. The average molecular weight is 321 g/mol. The van der Waals surface area contributed by atoms with E-state index in [-0.39, 0.29) is 18.1 Å². The quantitative estimate of drug-likeness (QED) is 0.242. The van der Waals surface area contributed by atoms with Crippen LogP contribution in [-0.4, -0.2) is 42.2 Å². The van der Waals surface area contributed by atoms with E-state index in [1.807, 2.05) is 0 Å². The number of nitrogens with one attached hydrogen (secondary N) is 2. The summed E-state index contributed by atoms with van der Waals surface area (Å²) >= 11 is 0. The van der Waals surface area contributed by atoms with Crippen LogP contribution in [0, 0.1) is 10.1 Å². The normalized spacial score (nSPS) is 17.5. The van der Waals surface area contributed by atoms with Crippen LogP contribution < -0.4 is 16.4 Å². The van der Waals surface area contributed by atoms with E-state index in [1.54, 1.807) is 13.0 Å². The van der Waals surface area contributed by atoms with Crippen molar-refractivity contribution >= 4 is 18.0 Å². The molecule has 1 rings (SSSR count). The number of carbonyl (C=O) groups excluding carboxylic acids is 2. The molecule has 0 aromatic carbocycles. The lowest BCUT2D eigenvalue weighted by Gasteiger charge is -2.18. The third-order valence-electron chi connectivity index (χ3n) is 2.81. The molecule has 0 aliphatic carbocycles. The first-order valence-corrected chi connectivity index (χ1v) is 7.00. The molecule has 0 fully saturated rings. The number of amides is 2. The van der Waals surface area contributed by atoms with E-state index < -0.39 is 17.0 Å². The minimum atomic E-state index is -0.597. The second kappa shape index (κ2) is 9.13. The van der Waals surface area contributed by atoms with Crippen LogP contribution in [-0.2, 0) is 9.59 Å². The van der Waals surface area contributed by atoms with Crippen LogP contribution in [0.2, 0.25) is 0 Å². The van der Waals surface area contributed by atoms with Gasteiger partial charge in [0.1, 0.15) is 11.9 Å². The van der Waals surface area contributed by atoms with Gasteiger partial charge in [-0.2, -0.15) is 0 Å². The van der Waals surface area contributed by atoms with Gasteiger partial charge in [-0.05, 0) is 25.2 Å². The van der Waals surface area contributed by atoms with Gasteiger partial charge in [0.15, 0.2) is 0 Å². The fraction of sp³-hybridized carbons (Fsp3) is 0.357. The van der Waals surface area contributed by atoms with E-state index in [1.165, 1.54) is 24.4 Å². The van der Waals surface area contributed by atoms with Crippen molar-refractivity contribution in [2.45, 2.75) is 19.5 Å². The fourth-order valence-corrected chi connectivity index (χ4v) is 1.76. The number of hydrogen-bond donors (Lipinski definition) is 3. The predicted molar refractivity (Wildman–Crippen MR) is 85.1 cm³/mol. The topological polar surface area (TPSA) is 140 Å². The van der Waals surface area contributed by atoms with Gasteiger partial charge in [0.2, 0.25) is 6.54 Å². The van der Waals surface area contributed by atoms with Crippen molar-refractivity contribution in [2.24, 2.45) is 10.7 Å². The summed E-state index contributed by atoms with van der Waals surface area (Å²) in [5.74, 6) is -0.933. The lowest BCUT2D eigenvalue weighted by Crippen LogP contribution is -2.35. The third kappa shape index (κ3) is 6.55. The zero-order chi connectivity index (χ0) is 17.2. The van der Waals surface area contributed by atoms with Crippen molar-refractivity contribution in [2.75, 3.05) is 13.1 Å². The molecule has 2 amide bonds. The standard InChI is InChI=1S/C14H19N5O4/c1-2-16-14(21)10(4-3-9-19(22)23)5-6-12-17-8-7-11(18-12)13(15)20/h3-5,7-8,12,18H,2,6,9H2,1H3,(H2,15,20)(H,16,21)/b4-3-,10-5+. The Morgan fingerprint density at radius 2 is 2.30 bits per heavy atom. The number of allylic oxidation sites excluding steroid dienone is 1. The number of rotatable bonds is 8. The van der Waals surface area contributed by atoms with E-state index in [9.17, 15) is 19.7 Å². The summed E-state index contributed by atoms with van der Waals surface area (Å²) in [6.45, 7) is 1.84. The minimum absolute atomic E-state index is 0.238. The van der Waals surface area contributed by atoms with Crippen molar-refractivity contribution in [3.05, 3.63) is 45.7 Å². The molecule has 1 unspecified atom stereocenters. The van der Waals surface area contributed by atoms with Gasteiger partial charge in [0.25, 0.3) is 11.8 Å². The van der Waals surface area contributed by atoms with Crippen molar-refractivity contribution in [3.8, 4) is 0 Å². The largest absolute Gasteiger partial charge is 0.364 e. The zero-order valence-corrected chi connectivity index (χ0v) is 12.7. The van der Waals surface area contributed by atoms with Crippen LogP contribution in [0.4, 0.5) is 0 Å². The number of nitrogens with two attached hydrogens (primary N) is 1. The summed E-state index contributed by atoms with van der Waals surface area (Å²) in [4.78, 5) is 37.0. The monoisotopic (exact) mass is 321 g/mol. The van der Waals surface area contributed by atoms with E-state index >= 15 is 0 Å². The van der Waals surface area contributed by atoms with Gasteiger partial charge in [-0.3, -0.25) is 24.7 Å². The Balaban J connectivity index is 2.76. The number of likely N-dealkylation sites (N-methyl/N-ethyl adjacent to an activating group) is 1. The molecule has 23 heavy (non-hydrogen) atoms. The van der Waals surface area contributed by atoms with Crippen LogP contribution in [0.3, 0.4) is 0 Å². The molecule has 4 N–H and O–H groups in total. The first-order valence-electron chi connectivity index (χ1n) is 7.00. The highest BCUT2D eigenvalue weighted by molar-refractivity contribution is 5.97. The molecule has 0 spiro atoms. The number of aliphatic imine (C=N–C) groups is 1. The van der Waals surface area contributed by atoms with Crippen molar-refractivity contribution in [1.82, 2.24) is 10.6 Å². The van der Waals surface area contributed by atoms with Crippen molar-refractivity contribution < 1.29 is 14.5 Å². The molecule has 0 saturated heterocycles. The molecular weight excluding hydrogens is 302 g/mol. The van der Waals surface area contributed by atoms with Crippen LogP contribution in [0.1, 0.15) is 13.3 Å². The highest BCUT2D eigenvalue weighted by Gasteiger charge is 2.14. The molecule has 0 bridgehead atoms. The number of hydrogen-bond acceptors (Lipinski definition) is 6. The minimum Gasteiger partial charge on any atom is -0.364 e. The Morgan fingerprint density at radius 1 is 1.57 bits per heavy atom. The summed E-state index contributed by atoms with van der Waals surface area (Å²) in [6, 6.07) is 0. The first-order chi connectivity index (χ1) is 10.9. The molecule has 0 saturated carbocycles. The second-order valence-corrected chi connectivity index (χ2v) is 4.58. The molecule has 0 aromatic rings. The smallest absolute Gasteiger partial charge is 0.264 e. The van der Waals surface area contributed by atoms with Gasteiger partial charge in [0, 0.05) is 29.7 Å². The Bertz CT molecular complexity index is 592. The van der Waals surface area contributed by atoms with Gasteiger partial charge < -0.3 is 16.4 Å². The summed E-state index contributed by atoms with van der Waals surface area (Å²) in [5, 5.41) is 15.8. The Kier molecular flexibility index (Phi) is 7.18. The number of primary amides is 1. The average Bonchev–Trinajstić information content (AvgIpc) is 2.50. The van der Waals surface area contributed by atoms with Crippen LogP contribution >= 0.6 is 0 Å². The molecule has 1 heterocycles. The van der Waals surface area contributed by atoms with E-state index in [0.29, 0.717) is 18.5 Å². The SMILES string of the molecule is CCNC(=O)C(/C=C\C[N+](=O)[O-])=C/CC1N=CC=C(C(N)=O)N1. The lowest BCUT2D eigenvalue weighted by atomic mass is 10.1. The fourth-order valence-electron chi connectivity index (χ4n) is 1.76. The van der Waals surface area contributed by atoms with Gasteiger partial charge in [0.05, 0.1) is 0 Å². The van der Waals surface area contributed by atoms with Crippen LogP contribution in [0.15, 0.2) is 40.6 Å². The van der Waals surface area contributed by atoms with Gasteiger partial charge in [-0.25, -0.2) is 0 Å². The zero-order valence-electron chi connectivity index (χ0n) is 12.7. The van der Waals surface area contributed by atoms with E-state index in [2.05, 4.69) is 15.6 Å². The van der Waals surface area contributed by atoms with Crippen LogP contribution in [0.5, 0.6) is 0 Å².